The number of alkyl halides is 4. The Morgan fingerprint density at radius 3 is 1.95 bits per heavy atom. The first-order chi connectivity index (χ1) is 10.4. The van der Waals surface area contributed by atoms with E-state index in [1.54, 1.807) is 24.3 Å². The maximum atomic E-state index is 12.5. The molecule has 0 heterocycles. The highest BCUT2D eigenvalue weighted by molar-refractivity contribution is 6.28. The minimum atomic E-state index is -4.36. The van der Waals surface area contributed by atoms with Gasteiger partial charge in [-0.25, -0.2) is 4.99 Å². The van der Waals surface area contributed by atoms with Crippen LogP contribution in [0.4, 0.5) is 18.9 Å². The van der Waals surface area contributed by atoms with E-state index >= 15 is 0 Å². The topological polar surface area (TPSA) is 47.6 Å². The van der Waals surface area contributed by atoms with E-state index in [1.807, 2.05) is 0 Å². The van der Waals surface area contributed by atoms with Crippen LogP contribution in [-0.4, -0.2) is 11.7 Å². The molecule has 0 saturated carbocycles. The van der Waals surface area contributed by atoms with Crippen LogP contribution < -0.4 is 10.5 Å². The Morgan fingerprint density at radius 2 is 1.50 bits per heavy atom. The Balaban J connectivity index is 2.08. The number of nitrogens with two attached hydrogens (primary N) is 1. The third kappa shape index (κ3) is 4.39. The van der Waals surface area contributed by atoms with Gasteiger partial charge in [-0.1, -0.05) is 0 Å². The Morgan fingerprint density at radius 1 is 1.00 bits per heavy atom. The average Bonchev–Trinajstić information content (AvgIpc) is 2.49. The third-order valence-corrected chi connectivity index (χ3v) is 2.94. The van der Waals surface area contributed by atoms with Crippen LogP contribution in [-0.2, 0) is 6.18 Å². The highest BCUT2D eigenvalue weighted by Crippen LogP contribution is 2.31. The zero-order chi connectivity index (χ0) is 16.2. The second kappa shape index (κ2) is 6.70. The average molecular weight is 329 g/mol. The fraction of sp³-hybridized carbons (Fsp3) is 0.133. The lowest BCUT2D eigenvalue weighted by molar-refractivity contribution is -0.137. The molecule has 0 aliphatic rings. The van der Waals surface area contributed by atoms with Crippen molar-refractivity contribution in [1.82, 2.24) is 0 Å². The number of rotatable bonds is 4. The molecule has 0 spiro atoms. The van der Waals surface area contributed by atoms with Crippen LogP contribution in [0.1, 0.15) is 5.56 Å². The number of amidine groups is 1. The first kappa shape index (κ1) is 16.2. The van der Waals surface area contributed by atoms with Crippen LogP contribution in [0.2, 0.25) is 0 Å². The second-order valence-corrected chi connectivity index (χ2v) is 4.62. The first-order valence-corrected chi connectivity index (χ1v) is 6.76. The molecule has 2 aromatic carbocycles. The summed E-state index contributed by atoms with van der Waals surface area (Å²) in [6, 6.07) is 11.1. The van der Waals surface area contributed by atoms with Crippen molar-refractivity contribution in [2.24, 2.45) is 10.7 Å². The standard InChI is InChI=1S/C15H12ClF3N2O/c16-9-14(20)21-11-3-7-13(8-4-11)22-12-5-1-10(2-6-12)15(17,18)19/h1-8H,9H2,(H2,20,21). The van der Waals surface area contributed by atoms with Gasteiger partial charge in [0.05, 0.1) is 17.1 Å². The van der Waals surface area contributed by atoms with Crippen molar-refractivity contribution in [3.05, 3.63) is 54.1 Å². The van der Waals surface area contributed by atoms with Gasteiger partial charge < -0.3 is 10.5 Å². The van der Waals surface area contributed by atoms with Crippen molar-refractivity contribution < 1.29 is 17.9 Å². The summed E-state index contributed by atoms with van der Waals surface area (Å²) in [4.78, 5) is 4.05. The van der Waals surface area contributed by atoms with Gasteiger partial charge in [0.2, 0.25) is 0 Å². The highest BCUT2D eigenvalue weighted by Gasteiger charge is 2.30. The SMILES string of the molecule is NC(CCl)=Nc1ccc(Oc2ccc(C(F)(F)F)cc2)cc1. The summed E-state index contributed by atoms with van der Waals surface area (Å²) >= 11 is 5.52. The number of hydrogen-bond donors (Lipinski definition) is 1. The lowest BCUT2D eigenvalue weighted by Crippen LogP contribution is -2.12. The van der Waals surface area contributed by atoms with Crippen LogP contribution in [0, 0.1) is 0 Å². The predicted octanol–water partition coefficient (Wildman–Crippen LogP) is 4.73. The number of aliphatic imine (C=N–C) groups is 1. The third-order valence-electron chi connectivity index (χ3n) is 2.66. The van der Waals surface area contributed by atoms with Crippen LogP contribution in [0.25, 0.3) is 0 Å². The molecule has 2 N–H and O–H groups in total. The quantitative estimate of drug-likeness (QED) is 0.501. The summed E-state index contributed by atoms with van der Waals surface area (Å²) in [7, 11) is 0. The molecule has 0 unspecified atom stereocenters. The Labute approximate surface area is 130 Å². The molecule has 0 fully saturated rings. The molecule has 0 aliphatic heterocycles. The smallest absolute Gasteiger partial charge is 0.416 e. The lowest BCUT2D eigenvalue weighted by Gasteiger charge is -2.09. The van der Waals surface area contributed by atoms with Gasteiger partial charge in [-0.15, -0.1) is 11.6 Å². The maximum Gasteiger partial charge on any atom is 0.416 e. The zero-order valence-corrected chi connectivity index (χ0v) is 12.0. The first-order valence-electron chi connectivity index (χ1n) is 6.22. The molecule has 0 aromatic heterocycles. The van der Waals surface area contributed by atoms with E-state index in [1.165, 1.54) is 12.1 Å². The van der Waals surface area contributed by atoms with E-state index in [2.05, 4.69) is 4.99 Å². The molecule has 0 atom stereocenters. The van der Waals surface area contributed by atoms with Gasteiger partial charge >= 0.3 is 6.18 Å². The van der Waals surface area contributed by atoms with Gasteiger partial charge in [0.1, 0.15) is 17.3 Å². The summed E-state index contributed by atoms with van der Waals surface area (Å²) < 4.78 is 42.8. The number of benzene rings is 2. The molecular weight excluding hydrogens is 317 g/mol. The van der Waals surface area contributed by atoms with Gasteiger partial charge in [-0.05, 0) is 48.5 Å². The monoisotopic (exact) mass is 328 g/mol. The summed E-state index contributed by atoms with van der Waals surface area (Å²) in [6.45, 7) is 0. The van der Waals surface area contributed by atoms with Crippen LogP contribution in [0.5, 0.6) is 11.5 Å². The molecule has 0 bridgehead atoms. The van der Waals surface area contributed by atoms with Crippen molar-refractivity contribution in [3.63, 3.8) is 0 Å². The Bertz CT molecular complexity index is 652. The number of halogens is 4. The normalized spacial score (nSPS) is 12.3. The van der Waals surface area contributed by atoms with E-state index in [0.29, 0.717) is 17.2 Å². The Kier molecular flexibility index (Phi) is 4.92. The molecule has 2 rings (SSSR count). The predicted molar refractivity (Wildman–Crippen MR) is 80.0 cm³/mol. The highest BCUT2D eigenvalue weighted by atomic mass is 35.5. The molecule has 0 saturated heterocycles. The molecule has 7 heteroatoms. The van der Waals surface area contributed by atoms with Crippen molar-refractivity contribution in [2.75, 3.05) is 5.88 Å². The van der Waals surface area contributed by atoms with Crippen LogP contribution in [0.3, 0.4) is 0 Å². The summed E-state index contributed by atoms with van der Waals surface area (Å²) in [5.41, 5.74) is 5.40. The fourth-order valence-corrected chi connectivity index (χ4v) is 1.69. The summed E-state index contributed by atoms with van der Waals surface area (Å²) in [5, 5.41) is 0. The van der Waals surface area contributed by atoms with Gasteiger partial charge in [-0.3, -0.25) is 0 Å². The van der Waals surface area contributed by atoms with Crippen molar-refractivity contribution in [3.8, 4) is 11.5 Å². The van der Waals surface area contributed by atoms with E-state index in [9.17, 15) is 13.2 Å². The molecule has 116 valence electrons. The van der Waals surface area contributed by atoms with Gasteiger partial charge in [0.15, 0.2) is 0 Å². The molecule has 0 amide bonds. The van der Waals surface area contributed by atoms with E-state index in [-0.39, 0.29) is 11.7 Å². The molecule has 2 aromatic rings. The minimum Gasteiger partial charge on any atom is -0.457 e. The van der Waals surface area contributed by atoms with E-state index in [0.717, 1.165) is 12.1 Å². The largest absolute Gasteiger partial charge is 0.457 e. The zero-order valence-electron chi connectivity index (χ0n) is 11.3. The summed E-state index contributed by atoms with van der Waals surface area (Å²) in [5.74, 6) is 1.20. The minimum absolute atomic E-state index is 0.129. The van der Waals surface area contributed by atoms with Crippen molar-refractivity contribution in [2.45, 2.75) is 6.18 Å². The fourth-order valence-electron chi connectivity index (χ4n) is 1.63. The van der Waals surface area contributed by atoms with E-state index < -0.39 is 11.7 Å². The molecular formula is C15H12ClF3N2O. The maximum absolute atomic E-state index is 12.5. The van der Waals surface area contributed by atoms with Crippen molar-refractivity contribution in [1.29, 1.82) is 0 Å². The van der Waals surface area contributed by atoms with Gasteiger partial charge in [0, 0.05) is 0 Å². The Hall–Kier alpha value is -2.21. The van der Waals surface area contributed by atoms with Crippen LogP contribution in [0.15, 0.2) is 53.5 Å². The second-order valence-electron chi connectivity index (χ2n) is 4.35. The summed E-state index contributed by atoms with van der Waals surface area (Å²) in [6.07, 6.45) is -4.36. The number of nitrogens with zero attached hydrogens (tertiary/aromatic N) is 1. The molecule has 0 aliphatic carbocycles. The molecule has 3 nitrogen and oxygen atoms in total. The van der Waals surface area contributed by atoms with Crippen LogP contribution >= 0.6 is 11.6 Å². The molecule has 22 heavy (non-hydrogen) atoms. The van der Waals surface area contributed by atoms with Gasteiger partial charge in [0.25, 0.3) is 0 Å². The number of ether oxygens (including phenoxy) is 1. The molecule has 0 radical (unpaired) electrons. The number of hydrogen-bond acceptors (Lipinski definition) is 2. The lowest BCUT2D eigenvalue weighted by atomic mass is 10.2. The van der Waals surface area contributed by atoms with Gasteiger partial charge in [-0.2, -0.15) is 13.2 Å². The van der Waals surface area contributed by atoms with E-state index in [4.69, 9.17) is 22.1 Å². The van der Waals surface area contributed by atoms with Crippen molar-refractivity contribution >= 4 is 23.1 Å².